The van der Waals surface area contributed by atoms with Gasteiger partial charge in [0.25, 0.3) is 0 Å². The molecule has 0 aromatic heterocycles. The van der Waals surface area contributed by atoms with Gasteiger partial charge in [-0.15, -0.1) is 0 Å². The lowest BCUT2D eigenvalue weighted by Gasteiger charge is -2.47. The van der Waals surface area contributed by atoms with Crippen LogP contribution in [-0.4, -0.2) is 79.1 Å². The molecule has 21 heavy (non-hydrogen) atoms. The highest BCUT2D eigenvalue weighted by Gasteiger charge is 2.44. The molecular formula is C15H25N3O3. The van der Waals surface area contributed by atoms with Crippen LogP contribution in [0, 0.1) is 5.92 Å². The van der Waals surface area contributed by atoms with Gasteiger partial charge >= 0.3 is 6.03 Å². The Kier molecular flexibility index (Phi) is 3.82. The number of nitrogens with zero attached hydrogens (tertiary/aromatic N) is 3. The largest absolute Gasteiger partial charge is 0.363 e. The van der Waals surface area contributed by atoms with Crippen LogP contribution >= 0.6 is 0 Å². The molecule has 0 aromatic carbocycles. The van der Waals surface area contributed by atoms with E-state index in [0.29, 0.717) is 25.6 Å². The van der Waals surface area contributed by atoms with E-state index in [-0.39, 0.29) is 24.1 Å². The first-order chi connectivity index (χ1) is 9.99. The molecular weight excluding hydrogens is 270 g/mol. The van der Waals surface area contributed by atoms with E-state index in [4.69, 9.17) is 4.74 Å². The summed E-state index contributed by atoms with van der Waals surface area (Å²) in [6.45, 7) is 3.22. The molecule has 3 rings (SSSR count). The highest BCUT2D eigenvalue weighted by molar-refractivity contribution is 5.78. The van der Waals surface area contributed by atoms with E-state index in [1.165, 1.54) is 12.8 Å². The van der Waals surface area contributed by atoms with Gasteiger partial charge in [0.2, 0.25) is 5.91 Å². The smallest absolute Gasteiger partial charge is 0.319 e. The van der Waals surface area contributed by atoms with E-state index in [0.717, 1.165) is 19.4 Å². The second-order valence-electron chi connectivity index (χ2n) is 6.85. The zero-order chi connectivity index (χ0) is 15.0. The minimum Gasteiger partial charge on any atom is -0.363 e. The van der Waals surface area contributed by atoms with E-state index in [1.54, 1.807) is 19.0 Å². The van der Waals surface area contributed by atoms with Gasteiger partial charge in [-0.2, -0.15) is 0 Å². The third-order valence-corrected chi connectivity index (χ3v) is 4.84. The van der Waals surface area contributed by atoms with Crippen molar-refractivity contribution in [3.05, 3.63) is 0 Å². The average molecular weight is 295 g/mol. The quantitative estimate of drug-likeness (QED) is 0.756. The summed E-state index contributed by atoms with van der Waals surface area (Å²) in [6, 6.07) is 0.0616. The zero-order valence-corrected chi connectivity index (χ0v) is 13.0. The first kappa shape index (κ1) is 14.6. The summed E-state index contributed by atoms with van der Waals surface area (Å²) in [4.78, 5) is 29.4. The number of piperidine rings is 1. The fourth-order valence-electron chi connectivity index (χ4n) is 3.26. The van der Waals surface area contributed by atoms with Gasteiger partial charge in [0.15, 0.2) is 0 Å². The second-order valence-corrected chi connectivity index (χ2v) is 6.85. The summed E-state index contributed by atoms with van der Waals surface area (Å²) >= 11 is 0. The number of morpholine rings is 1. The third-order valence-electron chi connectivity index (χ3n) is 4.84. The summed E-state index contributed by atoms with van der Waals surface area (Å²) in [5.74, 6) is 0.832. The molecule has 6 nitrogen and oxygen atoms in total. The molecule has 1 spiro atoms. The number of carbonyl (C=O) groups excluding carboxylic acids is 2. The highest BCUT2D eigenvalue weighted by Crippen LogP contribution is 2.34. The molecule has 0 unspecified atom stereocenters. The lowest BCUT2D eigenvalue weighted by molar-refractivity contribution is -0.170. The van der Waals surface area contributed by atoms with Gasteiger partial charge in [-0.05, 0) is 31.6 Å². The molecule has 3 amide bonds. The maximum atomic E-state index is 12.0. The second kappa shape index (κ2) is 5.48. The van der Waals surface area contributed by atoms with Crippen LogP contribution in [0.3, 0.4) is 0 Å². The van der Waals surface area contributed by atoms with E-state index in [2.05, 4.69) is 0 Å². The SMILES string of the molecule is CN(C)C(=O)N1CCC2(CC1)CN(CC1CC1)C(=O)CO2. The number of carbonyl (C=O) groups is 2. The molecule has 0 N–H and O–H groups in total. The van der Waals surface area contributed by atoms with Crippen LogP contribution in [0.4, 0.5) is 4.79 Å². The van der Waals surface area contributed by atoms with Crippen LogP contribution in [0.2, 0.25) is 0 Å². The monoisotopic (exact) mass is 295 g/mol. The third kappa shape index (κ3) is 3.15. The lowest BCUT2D eigenvalue weighted by Crippen LogP contribution is -2.60. The Balaban J connectivity index is 1.58. The molecule has 0 aromatic rings. The summed E-state index contributed by atoms with van der Waals surface area (Å²) in [5.41, 5.74) is -0.230. The summed E-state index contributed by atoms with van der Waals surface area (Å²) in [7, 11) is 3.56. The van der Waals surface area contributed by atoms with E-state index >= 15 is 0 Å². The molecule has 0 atom stereocenters. The van der Waals surface area contributed by atoms with Crippen molar-refractivity contribution in [3.63, 3.8) is 0 Å². The molecule has 3 fully saturated rings. The molecule has 0 radical (unpaired) electrons. The minimum absolute atomic E-state index is 0.0616. The molecule has 0 bridgehead atoms. The lowest BCUT2D eigenvalue weighted by atomic mass is 9.89. The van der Waals surface area contributed by atoms with Crippen LogP contribution in [-0.2, 0) is 9.53 Å². The number of rotatable bonds is 2. The van der Waals surface area contributed by atoms with Crippen molar-refractivity contribution in [2.24, 2.45) is 5.92 Å². The molecule has 2 heterocycles. The van der Waals surface area contributed by atoms with Crippen molar-refractivity contribution >= 4 is 11.9 Å². The van der Waals surface area contributed by atoms with Crippen molar-refractivity contribution in [3.8, 4) is 0 Å². The molecule has 3 aliphatic rings. The van der Waals surface area contributed by atoms with Crippen molar-refractivity contribution in [2.45, 2.75) is 31.3 Å². The number of amides is 3. The van der Waals surface area contributed by atoms with Crippen molar-refractivity contribution in [1.82, 2.24) is 14.7 Å². The molecule has 118 valence electrons. The number of likely N-dealkylation sites (tertiary alicyclic amines) is 1. The van der Waals surface area contributed by atoms with Gasteiger partial charge in [0.1, 0.15) is 6.61 Å². The first-order valence-electron chi connectivity index (χ1n) is 7.87. The van der Waals surface area contributed by atoms with Gasteiger partial charge < -0.3 is 19.4 Å². The van der Waals surface area contributed by atoms with E-state index in [9.17, 15) is 9.59 Å². The normalized spacial score (nSPS) is 25.3. The first-order valence-corrected chi connectivity index (χ1v) is 7.87. The van der Waals surface area contributed by atoms with Gasteiger partial charge in [0, 0.05) is 40.3 Å². The molecule has 1 saturated carbocycles. The molecule has 1 aliphatic carbocycles. The molecule has 2 saturated heterocycles. The topological polar surface area (TPSA) is 53.1 Å². The average Bonchev–Trinajstić information content (AvgIpc) is 3.27. The van der Waals surface area contributed by atoms with Crippen molar-refractivity contribution < 1.29 is 14.3 Å². The number of urea groups is 1. The van der Waals surface area contributed by atoms with Gasteiger partial charge in [-0.3, -0.25) is 4.79 Å². The Hall–Kier alpha value is -1.30. The van der Waals surface area contributed by atoms with Gasteiger partial charge in [0.05, 0.1) is 5.60 Å². The number of hydrogen-bond acceptors (Lipinski definition) is 3. The number of hydrogen-bond donors (Lipinski definition) is 0. The molecule has 6 heteroatoms. The van der Waals surface area contributed by atoms with Crippen LogP contribution in [0.1, 0.15) is 25.7 Å². The standard InChI is InChI=1S/C15H25N3O3/c1-16(2)14(20)17-7-5-15(6-8-17)11-18(9-12-3-4-12)13(19)10-21-15/h12H,3-11H2,1-2H3. The Morgan fingerprint density at radius 1 is 1.33 bits per heavy atom. The maximum absolute atomic E-state index is 12.0. The Morgan fingerprint density at radius 3 is 2.57 bits per heavy atom. The predicted molar refractivity (Wildman–Crippen MR) is 77.9 cm³/mol. The van der Waals surface area contributed by atoms with Crippen LogP contribution in [0.5, 0.6) is 0 Å². The predicted octanol–water partition coefficient (Wildman–Crippen LogP) is 0.771. The van der Waals surface area contributed by atoms with E-state index < -0.39 is 0 Å². The summed E-state index contributed by atoms with van der Waals surface area (Å²) in [5, 5.41) is 0. The highest BCUT2D eigenvalue weighted by atomic mass is 16.5. The van der Waals surface area contributed by atoms with Crippen LogP contribution in [0.15, 0.2) is 0 Å². The fourth-order valence-corrected chi connectivity index (χ4v) is 3.26. The Morgan fingerprint density at radius 2 is 2.00 bits per heavy atom. The van der Waals surface area contributed by atoms with Crippen molar-refractivity contribution in [1.29, 1.82) is 0 Å². The molecule has 2 aliphatic heterocycles. The van der Waals surface area contributed by atoms with Gasteiger partial charge in [-0.25, -0.2) is 4.79 Å². The van der Waals surface area contributed by atoms with Crippen molar-refractivity contribution in [2.75, 3.05) is 46.9 Å². The van der Waals surface area contributed by atoms with Gasteiger partial charge in [-0.1, -0.05) is 0 Å². The number of ether oxygens (including phenoxy) is 1. The maximum Gasteiger partial charge on any atom is 0.319 e. The Labute approximate surface area is 126 Å². The minimum atomic E-state index is -0.230. The fraction of sp³-hybridized carbons (Fsp3) is 0.867. The summed E-state index contributed by atoms with van der Waals surface area (Å²) < 4.78 is 5.90. The zero-order valence-electron chi connectivity index (χ0n) is 13.0. The van der Waals surface area contributed by atoms with E-state index in [1.807, 2.05) is 9.80 Å². The van der Waals surface area contributed by atoms with Crippen LogP contribution < -0.4 is 0 Å². The Bertz CT molecular complexity index is 426. The summed E-state index contributed by atoms with van der Waals surface area (Å²) in [6.07, 6.45) is 4.15. The van der Waals surface area contributed by atoms with Crippen LogP contribution in [0.25, 0.3) is 0 Å².